The molecule has 2 heterocycles. The maximum absolute atomic E-state index is 10.1. The largest absolute Gasteiger partial charge is 0.393 e. The molecule has 1 N–H and O–H groups in total. The zero-order valence-corrected chi connectivity index (χ0v) is 10.3. The van der Waals surface area contributed by atoms with Gasteiger partial charge >= 0.3 is 0 Å². The minimum absolute atomic E-state index is 0.0317. The normalized spacial score (nSPS) is 33.1. The predicted octanol–water partition coefficient (Wildman–Crippen LogP) is 1.38. The molecule has 2 aliphatic rings. The molecule has 2 bridgehead atoms. The molecule has 2 saturated heterocycles. The van der Waals surface area contributed by atoms with Gasteiger partial charge in [0.15, 0.2) is 0 Å². The second-order valence-electron chi connectivity index (χ2n) is 5.62. The number of piperidine rings is 1. The lowest BCUT2D eigenvalue weighted by Gasteiger charge is -2.45. The van der Waals surface area contributed by atoms with Crippen LogP contribution in [0.1, 0.15) is 5.56 Å². The van der Waals surface area contributed by atoms with E-state index in [0.29, 0.717) is 11.8 Å². The Morgan fingerprint density at radius 3 is 2.41 bits per heavy atom. The molecule has 1 aromatic rings. The van der Waals surface area contributed by atoms with E-state index in [2.05, 4.69) is 35.2 Å². The van der Waals surface area contributed by atoms with E-state index in [-0.39, 0.29) is 6.10 Å². The van der Waals surface area contributed by atoms with Crippen LogP contribution in [0.3, 0.4) is 0 Å². The van der Waals surface area contributed by atoms with Crippen LogP contribution in [0.5, 0.6) is 0 Å². The first-order chi connectivity index (χ1) is 8.33. The summed E-state index contributed by atoms with van der Waals surface area (Å²) >= 11 is 0. The van der Waals surface area contributed by atoms with Crippen molar-refractivity contribution in [1.82, 2.24) is 4.90 Å². The first-order valence-electron chi connectivity index (χ1n) is 6.77. The van der Waals surface area contributed by atoms with E-state index in [9.17, 15) is 5.11 Å². The summed E-state index contributed by atoms with van der Waals surface area (Å²) in [5.41, 5.74) is 1.39. The second kappa shape index (κ2) is 4.83. The highest BCUT2D eigenvalue weighted by Crippen LogP contribution is 2.33. The van der Waals surface area contributed by atoms with Crippen LogP contribution in [0.2, 0.25) is 12.6 Å². The summed E-state index contributed by atoms with van der Waals surface area (Å²) in [6, 6.07) is 10.7. The maximum atomic E-state index is 10.1. The van der Waals surface area contributed by atoms with Gasteiger partial charge < -0.3 is 5.11 Å². The molecule has 0 amide bonds. The van der Waals surface area contributed by atoms with Gasteiger partial charge in [0.2, 0.25) is 0 Å². The van der Waals surface area contributed by atoms with E-state index in [4.69, 9.17) is 0 Å². The van der Waals surface area contributed by atoms with E-state index in [0.717, 1.165) is 19.6 Å². The van der Waals surface area contributed by atoms with Gasteiger partial charge in [-0.2, -0.15) is 0 Å². The zero-order valence-electron chi connectivity index (χ0n) is 10.3. The highest BCUT2D eigenvalue weighted by Gasteiger charge is 2.38. The number of aliphatic hydroxyl groups is 1. The van der Waals surface area contributed by atoms with Crippen molar-refractivity contribution in [2.24, 2.45) is 11.8 Å². The lowest BCUT2D eigenvalue weighted by atomic mass is 9.54. The summed E-state index contributed by atoms with van der Waals surface area (Å²) < 4.78 is 0. The van der Waals surface area contributed by atoms with Gasteiger partial charge in [-0.3, -0.25) is 4.90 Å². The fraction of sp³-hybridized carbons (Fsp3) is 0.571. The molecule has 3 heteroatoms. The minimum Gasteiger partial charge on any atom is -0.393 e. The fourth-order valence-corrected chi connectivity index (χ4v) is 3.48. The lowest BCUT2D eigenvalue weighted by molar-refractivity contribution is -0.0165. The van der Waals surface area contributed by atoms with Gasteiger partial charge in [-0.25, -0.2) is 0 Å². The molecule has 0 aliphatic carbocycles. The molecule has 0 aromatic heterocycles. The minimum atomic E-state index is -0.0317. The number of benzene rings is 1. The first kappa shape index (κ1) is 11.3. The molecule has 2 unspecified atom stereocenters. The van der Waals surface area contributed by atoms with E-state index in [1.165, 1.54) is 25.5 Å². The van der Waals surface area contributed by atoms with Crippen molar-refractivity contribution in [3.05, 3.63) is 35.9 Å². The Balaban J connectivity index is 1.66. The standard InChI is InChI=1S/C14H20BNO/c17-14-12-6-15-7-13(14)10-16(9-12)8-11-4-2-1-3-5-11/h1-5,12-15,17H,6-10H2. The average Bonchev–Trinajstić information content (AvgIpc) is 2.32. The number of hydrogen-bond acceptors (Lipinski definition) is 2. The molecule has 90 valence electrons. The number of aliphatic hydroxyl groups excluding tert-OH is 1. The molecule has 1 aromatic carbocycles. The van der Waals surface area contributed by atoms with Gasteiger partial charge in [0.05, 0.1) is 6.10 Å². The summed E-state index contributed by atoms with van der Waals surface area (Å²) in [5.74, 6) is 1.04. The average molecular weight is 229 g/mol. The monoisotopic (exact) mass is 229 g/mol. The molecule has 2 fully saturated rings. The molecule has 0 spiro atoms. The second-order valence-corrected chi connectivity index (χ2v) is 5.62. The summed E-state index contributed by atoms with van der Waals surface area (Å²) in [6.45, 7) is 3.19. The highest BCUT2D eigenvalue weighted by molar-refractivity contribution is 6.36. The predicted molar refractivity (Wildman–Crippen MR) is 71.5 cm³/mol. The van der Waals surface area contributed by atoms with E-state index in [1.54, 1.807) is 0 Å². The smallest absolute Gasteiger partial charge is 0.121 e. The molecule has 3 rings (SSSR count). The van der Waals surface area contributed by atoms with Crippen molar-refractivity contribution < 1.29 is 5.11 Å². The van der Waals surface area contributed by atoms with Crippen LogP contribution in [0.15, 0.2) is 30.3 Å². The van der Waals surface area contributed by atoms with Crippen LogP contribution >= 0.6 is 0 Å². The van der Waals surface area contributed by atoms with Gasteiger partial charge in [-0.1, -0.05) is 43.0 Å². The Labute approximate surface area is 104 Å². The topological polar surface area (TPSA) is 23.5 Å². The molecule has 0 saturated carbocycles. The van der Waals surface area contributed by atoms with Crippen molar-refractivity contribution in [2.75, 3.05) is 13.1 Å². The van der Waals surface area contributed by atoms with Crippen LogP contribution in [0.25, 0.3) is 0 Å². The van der Waals surface area contributed by atoms with Gasteiger partial charge in [0.25, 0.3) is 0 Å². The molecular formula is C14H20BNO. The molecule has 2 aliphatic heterocycles. The zero-order chi connectivity index (χ0) is 11.7. The molecular weight excluding hydrogens is 209 g/mol. The van der Waals surface area contributed by atoms with E-state index < -0.39 is 0 Å². The Morgan fingerprint density at radius 1 is 1.12 bits per heavy atom. The molecule has 17 heavy (non-hydrogen) atoms. The highest BCUT2D eigenvalue weighted by atomic mass is 16.3. The van der Waals surface area contributed by atoms with Crippen LogP contribution < -0.4 is 0 Å². The van der Waals surface area contributed by atoms with Crippen molar-refractivity contribution in [2.45, 2.75) is 25.3 Å². The van der Waals surface area contributed by atoms with E-state index >= 15 is 0 Å². The van der Waals surface area contributed by atoms with Crippen LogP contribution in [-0.2, 0) is 6.54 Å². The third-order valence-electron chi connectivity index (χ3n) is 4.35. The quantitative estimate of drug-likeness (QED) is 0.774. The Bertz CT molecular complexity index is 356. The van der Waals surface area contributed by atoms with Crippen LogP contribution in [-0.4, -0.2) is 36.5 Å². The van der Waals surface area contributed by atoms with Crippen molar-refractivity contribution in [3.8, 4) is 0 Å². The summed E-state index contributed by atoms with van der Waals surface area (Å²) in [5, 5.41) is 10.1. The molecule has 2 nitrogen and oxygen atoms in total. The third-order valence-corrected chi connectivity index (χ3v) is 4.35. The third kappa shape index (κ3) is 2.40. The molecule has 2 atom stereocenters. The summed E-state index contributed by atoms with van der Waals surface area (Å²) in [4.78, 5) is 2.52. The number of fused-ring (bicyclic) bond motifs is 2. The van der Waals surface area contributed by atoms with Crippen molar-refractivity contribution in [3.63, 3.8) is 0 Å². The number of nitrogens with zero attached hydrogens (tertiary/aromatic N) is 1. The van der Waals surface area contributed by atoms with Crippen molar-refractivity contribution in [1.29, 1.82) is 0 Å². The van der Waals surface area contributed by atoms with Gasteiger partial charge in [0.1, 0.15) is 7.28 Å². The Hall–Kier alpha value is -0.795. The summed E-state index contributed by atoms with van der Waals surface area (Å²) in [7, 11) is 1.31. The van der Waals surface area contributed by atoms with Gasteiger partial charge in [0, 0.05) is 19.6 Å². The Morgan fingerprint density at radius 2 is 1.76 bits per heavy atom. The first-order valence-corrected chi connectivity index (χ1v) is 6.77. The SMILES string of the molecule is OC1C2CBCC1CN(Cc1ccccc1)C2. The number of rotatable bonds is 2. The van der Waals surface area contributed by atoms with Crippen LogP contribution in [0.4, 0.5) is 0 Å². The maximum Gasteiger partial charge on any atom is 0.121 e. The van der Waals surface area contributed by atoms with Crippen LogP contribution in [0, 0.1) is 11.8 Å². The van der Waals surface area contributed by atoms with Crippen molar-refractivity contribution >= 4 is 7.28 Å². The fourth-order valence-electron chi connectivity index (χ4n) is 3.48. The van der Waals surface area contributed by atoms with Gasteiger partial charge in [-0.15, -0.1) is 0 Å². The Kier molecular flexibility index (Phi) is 3.21. The van der Waals surface area contributed by atoms with E-state index in [1.807, 2.05) is 0 Å². The lowest BCUT2D eigenvalue weighted by Crippen LogP contribution is -2.51. The number of hydrogen-bond donors (Lipinski definition) is 1. The van der Waals surface area contributed by atoms with Gasteiger partial charge in [-0.05, 0) is 17.4 Å². The molecule has 0 radical (unpaired) electrons. The number of likely N-dealkylation sites (tertiary alicyclic amines) is 1. The summed E-state index contributed by atoms with van der Waals surface area (Å²) in [6.07, 6.45) is 2.39.